The predicted molar refractivity (Wildman–Crippen MR) is 145 cm³/mol. The van der Waals surface area contributed by atoms with Crippen LogP contribution in [0.15, 0.2) is 23.0 Å². The van der Waals surface area contributed by atoms with E-state index < -0.39 is 0 Å². The fourth-order valence-electron chi connectivity index (χ4n) is 5.38. The van der Waals surface area contributed by atoms with Crippen LogP contribution in [-0.4, -0.2) is 55.9 Å². The van der Waals surface area contributed by atoms with E-state index in [1.165, 1.54) is 9.75 Å². The summed E-state index contributed by atoms with van der Waals surface area (Å²) >= 11 is 5.66. The summed E-state index contributed by atoms with van der Waals surface area (Å²) in [6, 6.07) is 0. The van der Waals surface area contributed by atoms with E-state index in [0.717, 1.165) is 72.8 Å². The summed E-state index contributed by atoms with van der Waals surface area (Å²) in [6.07, 6.45) is 2.72. The van der Waals surface area contributed by atoms with Crippen molar-refractivity contribution in [2.24, 2.45) is 5.92 Å². The van der Waals surface area contributed by atoms with Crippen LogP contribution < -0.4 is 9.47 Å². The van der Waals surface area contributed by atoms with Gasteiger partial charge >= 0.3 is 0 Å². The second-order valence-electron chi connectivity index (χ2n) is 10.7. The predicted octanol–water partition coefficient (Wildman–Crippen LogP) is 6.41. The molecule has 5 aliphatic rings. The van der Waals surface area contributed by atoms with Crippen molar-refractivity contribution < 1.29 is 28.4 Å². The van der Waals surface area contributed by atoms with Crippen molar-refractivity contribution in [2.45, 2.75) is 68.1 Å². The first-order valence-electron chi connectivity index (χ1n) is 13.1. The number of thioether (sulfide) groups is 2. The fraction of sp³-hybridized carbons (Fsp3) is 0.704. The van der Waals surface area contributed by atoms with Crippen LogP contribution in [0.3, 0.4) is 0 Å². The molecular weight excluding hydrogens is 516 g/mol. The molecule has 3 atom stereocenters. The Morgan fingerprint density at radius 1 is 0.750 bits per heavy atom. The van der Waals surface area contributed by atoms with Gasteiger partial charge in [0.2, 0.25) is 0 Å². The molecule has 0 fully saturated rings. The second-order valence-corrected chi connectivity index (χ2v) is 14.1. The highest BCUT2D eigenvalue weighted by Crippen LogP contribution is 2.61. The molecule has 3 unspecified atom stereocenters. The lowest BCUT2D eigenvalue weighted by molar-refractivity contribution is 0.195. The van der Waals surface area contributed by atoms with Crippen molar-refractivity contribution in [3.05, 3.63) is 32.8 Å². The number of hydrogen-bond acceptors (Lipinski definition) is 9. The highest BCUT2D eigenvalue weighted by Gasteiger charge is 2.50. The Morgan fingerprint density at radius 3 is 2.08 bits per heavy atom. The van der Waals surface area contributed by atoms with Crippen molar-refractivity contribution in [1.29, 1.82) is 0 Å². The zero-order chi connectivity index (χ0) is 24.9. The average Bonchev–Trinajstić information content (AvgIpc) is 3.30. The molecule has 0 spiro atoms. The Bertz CT molecular complexity index is 1060. The molecule has 0 bridgehead atoms. The van der Waals surface area contributed by atoms with E-state index in [-0.39, 0.29) is 15.9 Å². The van der Waals surface area contributed by atoms with Crippen molar-refractivity contribution in [3.63, 3.8) is 0 Å². The van der Waals surface area contributed by atoms with Crippen LogP contribution in [0.4, 0.5) is 0 Å². The molecule has 0 aliphatic carbocycles. The molecule has 0 saturated carbocycles. The first-order chi connectivity index (χ1) is 17.5. The van der Waals surface area contributed by atoms with Gasteiger partial charge in [0.1, 0.15) is 22.5 Å². The van der Waals surface area contributed by atoms with E-state index >= 15 is 0 Å². The summed E-state index contributed by atoms with van der Waals surface area (Å²) in [4.78, 5) is 2.41. The first kappa shape index (κ1) is 25.0. The van der Waals surface area contributed by atoms with E-state index in [1.807, 2.05) is 34.9 Å². The van der Waals surface area contributed by atoms with Gasteiger partial charge in [0.15, 0.2) is 17.3 Å². The minimum Gasteiger partial charge on any atom is -0.493 e. The monoisotopic (exact) mass is 552 g/mol. The molecule has 6 nitrogen and oxygen atoms in total. The fourth-order valence-corrected chi connectivity index (χ4v) is 9.94. The molecule has 1 aromatic heterocycles. The summed E-state index contributed by atoms with van der Waals surface area (Å²) in [6.45, 7) is 13.4. The highest BCUT2D eigenvalue weighted by molar-refractivity contribution is 8.01. The molecule has 0 amide bonds. The lowest BCUT2D eigenvalue weighted by Gasteiger charge is -2.32. The first-order valence-corrected chi connectivity index (χ1v) is 16.0. The van der Waals surface area contributed by atoms with Crippen molar-refractivity contribution in [1.82, 2.24) is 0 Å². The summed E-state index contributed by atoms with van der Waals surface area (Å²) in [5, 5.41) is 0.520. The van der Waals surface area contributed by atoms with Gasteiger partial charge in [-0.1, -0.05) is 27.7 Å². The minimum absolute atomic E-state index is 0.0787. The van der Waals surface area contributed by atoms with Gasteiger partial charge in [-0.2, -0.15) is 0 Å². The van der Waals surface area contributed by atoms with Gasteiger partial charge in [-0.25, -0.2) is 0 Å². The Labute approximate surface area is 226 Å². The van der Waals surface area contributed by atoms with Gasteiger partial charge in [-0.3, -0.25) is 0 Å². The molecule has 0 saturated heterocycles. The maximum atomic E-state index is 6.45. The number of thiophene rings is 1. The van der Waals surface area contributed by atoms with Crippen LogP contribution in [0.1, 0.15) is 62.0 Å². The topological polar surface area (TPSA) is 55.4 Å². The maximum Gasteiger partial charge on any atom is 0.177 e. The molecule has 198 valence electrons. The summed E-state index contributed by atoms with van der Waals surface area (Å²) < 4.78 is 37.8. The van der Waals surface area contributed by atoms with Crippen LogP contribution >= 0.6 is 34.9 Å². The van der Waals surface area contributed by atoms with E-state index in [1.54, 1.807) is 0 Å². The number of fused-ring (bicyclic) bond motifs is 1. The summed E-state index contributed by atoms with van der Waals surface area (Å²) in [7, 11) is 0. The van der Waals surface area contributed by atoms with Gasteiger partial charge in [0.05, 0.1) is 65.6 Å². The molecule has 36 heavy (non-hydrogen) atoms. The van der Waals surface area contributed by atoms with Crippen molar-refractivity contribution >= 4 is 34.9 Å². The Kier molecular flexibility index (Phi) is 7.01. The SMILES string of the molecule is CC(C)C1SC(C(C)(C)c2sc(C3SCC4=C3OCCCO4)c3c2OCCCO3)C2=C1OCCCO2. The van der Waals surface area contributed by atoms with Crippen LogP contribution in [0.5, 0.6) is 11.5 Å². The van der Waals surface area contributed by atoms with Crippen LogP contribution in [-0.2, 0) is 24.4 Å². The molecular formula is C27H36O6S3. The standard InChI is InChI=1S/C27H36O6S3/c1-15(2)22-18-20(32-12-6-10-30-18)25(35-22)27(3,4)26-21-19(31-11-7-13-33-21)24(36-26)23-17-16(14-34-23)28-8-5-9-29-17/h15,22-23,25H,5-14H2,1-4H3. The molecule has 1 aromatic rings. The number of rotatable bonds is 4. The van der Waals surface area contributed by atoms with Crippen LogP contribution in [0.25, 0.3) is 0 Å². The number of hydrogen-bond donors (Lipinski definition) is 0. The van der Waals surface area contributed by atoms with E-state index in [0.29, 0.717) is 37.6 Å². The molecule has 9 heteroatoms. The largest absolute Gasteiger partial charge is 0.493 e. The van der Waals surface area contributed by atoms with E-state index in [2.05, 4.69) is 27.7 Å². The van der Waals surface area contributed by atoms with Crippen molar-refractivity contribution in [3.8, 4) is 11.5 Å². The van der Waals surface area contributed by atoms with E-state index in [9.17, 15) is 0 Å². The van der Waals surface area contributed by atoms with Gasteiger partial charge < -0.3 is 28.4 Å². The van der Waals surface area contributed by atoms with Crippen LogP contribution in [0, 0.1) is 5.92 Å². The van der Waals surface area contributed by atoms with Gasteiger partial charge in [0.25, 0.3) is 0 Å². The minimum atomic E-state index is -0.245. The van der Waals surface area contributed by atoms with Crippen LogP contribution in [0.2, 0.25) is 0 Å². The molecule has 0 radical (unpaired) electrons. The van der Waals surface area contributed by atoms with Crippen molar-refractivity contribution in [2.75, 3.05) is 45.4 Å². The average molecular weight is 553 g/mol. The Morgan fingerprint density at radius 2 is 1.36 bits per heavy atom. The van der Waals surface area contributed by atoms with Gasteiger partial charge in [-0.15, -0.1) is 34.9 Å². The van der Waals surface area contributed by atoms with Gasteiger partial charge in [0, 0.05) is 24.7 Å². The zero-order valence-corrected chi connectivity index (χ0v) is 24.0. The molecule has 0 aromatic carbocycles. The smallest absolute Gasteiger partial charge is 0.177 e. The Hall–Kier alpha value is -1.32. The summed E-state index contributed by atoms with van der Waals surface area (Å²) in [5.74, 6) is 7.15. The van der Waals surface area contributed by atoms with Gasteiger partial charge in [-0.05, 0) is 5.92 Å². The third-order valence-electron chi connectivity index (χ3n) is 7.26. The zero-order valence-electron chi connectivity index (χ0n) is 21.6. The molecule has 6 rings (SSSR count). The third kappa shape index (κ3) is 4.27. The summed E-state index contributed by atoms with van der Waals surface area (Å²) in [5.41, 5.74) is -0.245. The quantitative estimate of drug-likeness (QED) is 0.425. The lowest BCUT2D eigenvalue weighted by atomic mass is 9.85. The second kappa shape index (κ2) is 10.1. The molecule has 0 N–H and O–H groups in total. The lowest BCUT2D eigenvalue weighted by Crippen LogP contribution is -2.32. The van der Waals surface area contributed by atoms with E-state index in [4.69, 9.17) is 28.4 Å². The molecule has 5 aliphatic heterocycles. The highest BCUT2D eigenvalue weighted by atomic mass is 32.2. The normalized spacial score (nSPS) is 28.3. The Balaban J connectivity index is 1.42. The number of ether oxygens (including phenoxy) is 6. The third-order valence-corrected chi connectivity index (χ3v) is 12.3. The molecule has 6 heterocycles. The maximum absolute atomic E-state index is 6.45.